The van der Waals surface area contributed by atoms with Crippen LogP contribution in [0.2, 0.25) is 0 Å². The summed E-state index contributed by atoms with van der Waals surface area (Å²) in [5, 5.41) is 8.71. The van der Waals surface area contributed by atoms with Gasteiger partial charge < -0.3 is 4.90 Å². The largest absolute Gasteiger partial charge is 0.338 e. The molecule has 3 nitrogen and oxygen atoms in total. The van der Waals surface area contributed by atoms with Crippen LogP contribution in [0.4, 0.5) is 0 Å². The van der Waals surface area contributed by atoms with Crippen LogP contribution >= 0.6 is 0 Å². The van der Waals surface area contributed by atoms with Crippen LogP contribution in [-0.4, -0.2) is 17.4 Å². The summed E-state index contributed by atoms with van der Waals surface area (Å²) in [4.78, 5) is 13.6. The van der Waals surface area contributed by atoms with Gasteiger partial charge in [0.1, 0.15) is 0 Å². The first-order valence-electron chi connectivity index (χ1n) is 5.98. The number of hydrogen-bond donors (Lipinski definition) is 0. The van der Waals surface area contributed by atoms with Gasteiger partial charge in [-0.1, -0.05) is 26.0 Å². The first kappa shape index (κ1) is 13.2. The maximum atomic E-state index is 11.7. The van der Waals surface area contributed by atoms with Crippen LogP contribution in [0.15, 0.2) is 24.3 Å². The van der Waals surface area contributed by atoms with Crippen LogP contribution in [0.25, 0.3) is 0 Å². The third kappa shape index (κ3) is 3.92. The SMILES string of the molecule is CCCN(Cc1ccc(C#N)cc1)C(=O)CC. The van der Waals surface area contributed by atoms with E-state index in [0.29, 0.717) is 18.5 Å². The summed E-state index contributed by atoms with van der Waals surface area (Å²) in [5.74, 6) is 0.177. The van der Waals surface area contributed by atoms with Crippen LogP contribution < -0.4 is 0 Å². The van der Waals surface area contributed by atoms with E-state index < -0.39 is 0 Å². The number of carbonyl (C=O) groups excluding carboxylic acids is 1. The van der Waals surface area contributed by atoms with Crippen molar-refractivity contribution < 1.29 is 4.79 Å². The monoisotopic (exact) mass is 230 g/mol. The fraction of sp³-hybridized carbons (Fsp3) is 0.429. The molecule has 0 atom stereocenters. The van der Waals surface area contributed by atoms with Gasteiger partial charge in [-0.3, -0.25) is 4.79 Å². The Hall–Kier alpha value is -1.82. The highest BCUT2D eigenvalue weighted by Crippen LogP contribution is 2.08. The molecule has 0 heterocycles. The molecule has 1 aromatic rings. The minimum atomic E-state index is 0.177. The molecule has 0 radical (unpaired) electrons. The predicted molar refractivity (Wildman–Crippen MR) is 67.2 cm³/mol. The maximum Gasteiger partial charge on any atom is 0.222 e. The fourth-order valence-electron chi connectivity index (χ4n) is 1.69. The van der Waals surface area contributed by atoms with Crippen molar-refractivity contribution in [1.82, 2.24) is 4.90 Å². The number of amides is 1. The van der Waals surface area contributed by atoms with E-state index in [1.54, 1.807) is 12.1 Å². The van der Waals surface area contributed by atoms with Crippen molar-refractivity contribution in [3.8, 4) is 6.07 Å². The van der Waals surface area contributed by atoms with E-state index in [-0.39, 0.29) is 5.91 Å². The Morgan fingerprint density at radius 1 is 1.29 bits per heavy atom. The normalized spacial score (nSPS) is 9.71. The third-order valence-corrected chi connectivity index (χ3v) is 2.61. The maximum absolute atomic E-state index is 11.7. The Labute approximate surface area is 103 Å². The lowest BCUT2D eigenvalue weighted by Crippen LogP contribution is -2.30. The standard InChI is InChI=1S/C14H18N2O/c1-3-9-16(14(17)4-2)11-13-7-5-12(10-15)6-8-13/h5-8H,3-4,9,11H2,1-2H3. The fourth-order valence-corrected chi connectivity index (χ4v) is 1.69. The van der Waals surface area contributed by atoms with E-state index in [0.717, 1.165) is 18.5 Å². The van der Waals surface area contributed by atoms with Gasteiger partial charge >= 0.3 is 0 Å². The lowest BCUT2D eigenvalue weighted by atomic mass is 10.1. The molecular formula is C14H18N2O. The molecule has 17 heavy (non-hydrogen) atoms. The van der Waals surface area contributed by atoms with Crippen LogP contribution in [0.5, 0.6) is 0 Å². The van der Waals surface area contributed by atoms with E-state index in [2.05, 4.69) is 13.0 Å². The Morgan fingerprint density at radius 2 is 1.94 bits per heavy atom. The number of nitriles is 1. The average Bonchev–Trinajstić information content (AvgIpc) is 2.38. The molecule has 1 amide bonds. The summed E-state index contributed by atoms with van der Waals surface area (Å²) in [5.41, 5.74) is 1.72. The van der Waals surface area contributed by atoms with Crippen LogP contribution in [-0.2, 0) is 11.3 Å². The molecule has 0 spiro atoms. The first-order valence-corrected chi connectivity index (χ1v) is 5.98. The average molecular weight is 230 g/mol. The summed E-state index contributed by atoms with van der Waals surface area (Å²) in [6.45, 7) is 5.36. The minimum absolute atomic E-state index is 0.177. The van der Waals surface area contributed by atoms with Gasteiger partial charge in [-0.2, -0.15) is 5.26 Å². The summed E-state index contributed by atoms with van der Waals surface area (Å²) in [6, 6.07) is 9.47. The molecule has 90 valence electrons. The molecular weight excluding hydrogens is 212 g/mol. The van der Waals surface area contributed by atoms with E-state index in [4.69, 9.17) is 5.26 Å². The van der Waals surface area contributed by atoms with Gasteiger partial charge in [-0.05, 0) is 24.1 Å². The smallest absolute Gasteiger partial charge is 0.222 e. The second-order valence-electron chi connectivity index (χ2n) is 3.98. The molecule has 0 aliphatic heterocycles. The van der Waals surface area contributed by atoms with E-state index in [1.165, 1.54) is 0 Å². The topological polar surface area (TPSA) is 44.1 Å². The lowest BCUT2D eigenvalue weighted by molar-refractivity contribution is -0.131. The second-order valence-corrected chi connectivity index (χ2v) is 3.98. The summed E-state index contributed by atoms with van der Waals surface area (Å²) in [7, 11) is 0. The molecule has 0 aliphatic rings. The molecule has 0 N–H and O–H groups in total. The van der Waals surface area contributed by atoms with Gasteiger partial charge in [-0.25, -0.2) is 0 Å². The van der Waals surface area contributed by atoms with Gasteiger partial charge in [-0.15, -0.1) is 0 Å². The molecule has 0 aliphatic carbocycles. The number of benzene rings is 1. The van der Waals surface area contributed by atoms with Crippen molar-refractivity contribution >= 4 is 5.91 Å². The molecule has 0 bridgehead atoms. The molecule has 0 aromatic heterocycles. The lowest BCUT2D eigenvalue weighted by Gasteiger charge is -2.21. The van der Waals surface area contributed by atoms with Crippen molar-refractivity contribution in [2.75, 3.05) is 6.54 Å². The van der Waals surface area contributed by atoms with Crippen molar-refractivity contribution in [2.45, 2.75) is 33.2 Å². The Morgan fingerprint density at radius 3 is 2.41 bits per heavy atom. The van der Waals surface area contributed by atoms with E-state index >= 15 is 0 Å². The summed E-state index contributed by atoms with van der Waals surface area (Å²) in [6.07, 6.45) is 1.50. The minimum Gasteiger partial charge on any atom is -0.338 e. The van der Waals surface area contributed by atoms with Gasteiger partial charge in [0.25, 0.3) is 0 Å². The zero-order chi connectivity index (χ0) is 12.7. The van der Waals surface area contributed by atoms with Gasteiger partial charge in [0.15, 0.2) is 0 Å². The Balaban J connectivity index is 2.72. The highest BCUT2D eigenvalue weighted by atomic mass is 16.2. The van der Waals surface area contributed by atoms with Crippen LogP contribution in [0, 0.1) is 11.3 Å². The molecule has 0 saturated carbocycles. The zero-order valence-corrected chi connectivity index (χ0v) is 10.4. The Kier molecular flexibility index (Phi) is 5.22. The number of nitrogens with zero attached hydrogens (tertiary/aromatic N) is 2. The highest BCUT2D eigenvalue weighted by molar-refractivity contribution is 5.75. The number of carbonyl (C=O) groups is 1. The zero-order valence-electron chi connectivity index (χ0n) is 10.4. The van der Waals surface area contributed by atoms with Crippen LogP contribution in [0.3, 0.4) is 0 Å². The van der Waals surface area contributed by atoms with E-state index in [1.807, 2.05) is 24.0 Å². The second kappa shape index (κ2) is 6.70. The molecule has 3 heteroatoms. The van der Waals surface area contributed by atoms with Crippen molar-refractivity contribution in [1.29, 1.82) is 5.26 Å². The molecule has 1 rings (SSSR count). The number of hydrogen-bond acceptors (Lipinski definition) is 2. The summed E-state index contributed by atoms with van der Waals surface area (Å²) >= 11 is 0. The third-order valence-electron chi connectivity index (χ3n) is 2.61. The molecule has 0 unspecified atom stereocenters. The van der Waals surface area contributed by atoms with Crippen molar-refractivity contribution in [3.05, 3.63) is 35.4 Å². The first-order chi connectivity index (χ1) is 8.21. The van der Waals surface area contributed by atoms with Crippen molar-refractivity contribution in [2.24, 2.45) is 0 Å². The predicted octanol–water partition coefficient (Wildman–Crippen LogP) is 2.71. The highest BCUT2D eigenvalue weighted by Gasteiger charge is 2.10. The van der Waals surface area contributed by atoms with Crippen LogP contribution in [0.1, 0.15) is 37.8 Å². The van der Waals surface area contributed by atoms with E-state index in [9.17, 15) is 4.79 Å². The van der Waals surface area contributed by atoms with Gasteiger partial charge in [0, 0.05) is 19.5 Å². The Bertz CT molecular complexity index is 403. The summed E-state index contributed by atoms with van der Waals surface area (Å²) < 4.78 is 0. The number of rotatable bonds is 5. The van der Waals surface area contributed by atoms with Gasteiger partial charge in [0.05, 0.1) is 11.6 Å². The molecule has 0 fully saturated rings. The molecule has 0 saturated heterocycles. The quantitative estimate of drug-likeness (QED) is 0.780. The van der Waals surface area contributed by atoms with Crippen molar-refractivity contribution in [3.63, 3.8) is 0 Å². The molecule has 1 aromatic carbocycles. The van der Waals surface area contributed by atoms with Gasteiger partial charge in [0.2, 0.25) is 5.91 Å².